The van der Waals surface area contributed by atoms with Gasteiger partial charge >= 0.3 is 0 Å². The van der Waals surface area contributed by atoms with E-state index < -0.39 is 0 Å². The van der Waals surface area contributed by atoms with Crippen LogP contribution in [-0.2, 0) is 6.54 Å². The molecule has 0 atom stereocenters. The average Bonchev–Trinajstić information content (AvgIpc) is 2.48. The number of aliphatic hydroxyl groups is 1. The van der Waals surface area contributed by atoms with Crippen molar-refractivity contribution < 1.29 is 5.11 Å². The first kappa shape index (κ1) is 9.68. The maximum atomic E-state index is 8.74. The third-order valence-corrected chi connectivity index (χ3v) is 1.74. The van der Waals surface area contributed by atoms with E-state index in [2.05, 4.69) is 10.3 Å². The zero-order valence-electron chi connectivity index (χ0n) is 7.73. The fourth-order valence-electron chi connectivity index (χ4n) is 1.23. The molecule has 0 spiro atoms. The van der Waals surface area contributed by atoms with Crippen LogP contribution in [0.3, 0.4) is 0 Å². The summed E-state index contributed by atoms with van der Waals surface area (Å²) in [6.45, 7) is 4.33. The van der Waals surface area contributed by atoms with Gasteiger partial charge in [0.1, 0.15) is 6.07 Å². The lowest BCUT2D eigenvalue weighted by molar-refractivity contribution is 0.265. The minimum absolute atomic E-state index is 0.00789. The summed E-state index contributed by atoms with van der Waals surface area (Å²) in [5, 5.41) is 25.0. The van der Waals surface area contributed by atoms with Crippen molar-refractivity contribution in [1.29, 1.82) is 5.26 Å². The smallest absolute Gasteiger partial charge is 0.186 e. The van der Waals surface area contributed by atoms with Crippen LogP contribution in [0.4, 0.5) is 0 Å². The van der Waals surface area contributed by atoms with Gasteiger partial charge in [0.15, 0.2) is 5.69 Å². The maximum Gasteiger partial charge on any atom is 0.186 e. The van der Waals surface area contributed by atoms with Crippen molar-refractivity contribution in [3.05, 3.63) is 11.4 Å². The summed E-state index contributed by atoms with van der Waals surface area (Å²) in [7, 11) is 0. The first-order chi connectivity index (χ1) is 6.20. The molecule has 70 valence electrons. The van der Waals surface area contributed by atoms with Crippen LogP contribution in [0.2, 0.25) is 0 Å². The van der Waals surface area contributed by atoms with Crippen molar-refractivity contribution in [1.82, 2.24) is 15.0 Å². The van der Waals surface area contributed by atoms with Gasteiger partial charge in [-0.05, 0) is 5.92 Å². The molecular formula is C8H12N4O. The molecule has 0 saturated heterocycles. The highest BCUT2D eigenvalue weighted by Crippen LogP contribution is 2.16. The Bertz CT molecular complexity index is 323. The van der Waals surface area contributed by atoms with Crippen LogP contribution in [0.5, 0.6) is 0 Å². The zero-order valence-corrected chi connectivity index (χ0v) is 7.73. The molecule has 0 radical (unpaired) electrons. The number of hydrogen-bond donors (Lipinski definition) is 1. The van der Waals surface area contributed by atoms with E-state index in [9.17, 15) is 0 Å². The topological polar surface area (TPSA) is 74.7 Å². The van der Waals surface area contributed by atoms with Crippen LogP contribution in [0.15, 0.2) is 0 Å². The molecule has 0 amide bonds. The van der Waals surface area contributed by atoms with E-state index in [1.807, 2.05) is 19.9 Å². The minimum Gasteiger partial charge on any atom is -0.394 e. The molecule has 0 fully saturated rings. The van der Waals surface area contributed by atoms with Crippen molar-refractivity contribution in [2.24, 2.45) is 0 Å². The number of nitrogens with zero attached hydrogens (tertiary/aromatic N) is 4. The molecule has 13 heavy (non-hydrogen) atoms. The largest absolute Gasteiger partial charge is 0.394 e. The number of rotatable bonds is 3. The molecule has 5 nitrogen and oxygen atoms in total. The molecule has 1 aromatic heterocycles. The molecule has 0 bridgehead atoms. The molecule has 5 heteroatoms. The van der Waals surface area contributed by atoms with Crippen LogP contribution in [0, 0.1) is 11.3 Å². The van der Waals surface area contributed by atoms with E-state index in [0.29, 0.717) is 12.2 Å². The Labute approximate surface area is 76.6 Å². The summed E-state index contributed by atoms with van der Waals surface area (Å²) in [6.07, 6.45) is 0. The van der Waals surface area contributed by atoms with E-state index in [1.54, 1.807) is 4.68 Å². The molecule has 1 aromatic rings. The summed E-state index contributed by atoms with van der Waals surface area (Å²) < 4.78 is 1.57. The molecule has 0 saturated carbocycles. The van der Waals surface area contributed by atoms with Gasteiger partial charge in [-0.1, -0.05) is 19.1 Å². The Morgan fingerprint density at radius 3 is 2.77 bits per heavy atom. The van der Waals surface area contributed by atoms with Gasteiger partial charge in [0, 0.05) is 0 Å². The summed E-state index contributed by atoms with van der Waals surface area (Å²) in [5.41, 5.74) is 1.14. The first-order valence-electron chi connectivity index (χ1n) is 4.15. The Hall–Kier alpha value is -1.41. The van der Waals surface area contributed by atoms with Gasteiger partial charge in [-0.15, -0.1) is 5.10 Å². The second kappa shape index (κ2) is 4.01. The van der Waals surface area contributed by atoms with Gasteiger partial charge in [0.2, 0.25) is 0 Å². The lowest BCUT2D eigenvalue weighted by atomic mass is 10.1. The van der Waals surface area contributed by atoms with Gasteiger partial charge in [-0.3, -0.25) is 0 Å². The predicted molar refractivity (Wildman–Crippen MR) is 45.9 cm³/mol. The summed E-state index contributed by atoms with van der Waals surface area (Å²) in [4.78, 5) is 0. The van der Waals surface area contributed by atoms with E-state index in [0.717, 1.165) is 5.69 Å². The third-order valence-electron chi connectivity index (χ3n) is 1.74. The van der Waals surface area contributed by atoms with Crippen molar-refractivity contribution in [3.63, 3.8) is 0 Å². The van der Waals surface area contributed by atoms with E-state index >= 15 is 0 Å². The zero-order chi connectivity index (χ0) is 9.84. The molecule has 0 aliphatic carbocycles. The fraction of sp³-hybridized carbons (Fsp3) is 0.625. The molecule has 1 heterocycles. The second-order valence-electron chi connectivity index (χ2n) is 3.04. The Morgan fingerprint density at radius 2 is 2.31 bits per heavy atom. The molecule has 0 aromatic carbocycles. The summed E-state index contributed by atoms with van der Waals surface area (Å²) >= 11 is 0. The Kier molecular flexibility index (Phi) is 2.98. The standard InChI is InChI=1S/C8H12N4O/c1-6(2)8-7(5-9)10-11-12(8)3-4-13/h6,13H,3-4H2,1-2H3. The first-order valence-corrected chi connectivity index (χ1v) is 4.15. The molecule has 0 aliphatic rings. The molecule has 0 unspecified atom stereocenters. The number of hydrogen-bond acceptors (Lipinski definition) is 4. The van der Waals surface area contributed by atoms with Crippen molar-refractivity contribution in [2.75, 3.05) is 6.61 Å². The molecular weight excluding hydrogens is 168 g/mol. The molecule has 1 N–H and O–H groups in total. The highest BCUT2D eigenvalue weighted by molar-refractivity contribution is 5.26. The highest BCUT2D eigenvalue weighted by atomic mass is 16.3. The summed E-state index contributed by atoms with van der Waals surface area (Å²) in [5.74, 6) is 0.191. The lowest BCUT2D eigenvalue weighted by Crippen LogP contribution is -2.09. The normalized spacial score (nSPS) is 10.4. The fourth-order valence-corrected chi connectivity index (χ4v) is 1.23. The van der Waals surface area contributed by atoms with Gasteiger partial charge in [-0.2, -0.15) is 5.26 Å². The maximum absolute atomic E-state index is 8.74. The van der Waals surface area contributed by atoms with Crippen LogP contribution >= 0.6 is 0 Å². The van der Waals surface area contributed by atoms with Gasteiger partial charge < -0.3 is 5.11 Å². The SMILES string of the molecule is CC(C)c1c(C#N)nnn1CCO. The van der Waals surface area contributed by atoms with E-state index in [4.69, 9.17) is 10.4 Å². The van der Waals surface area contributed by atoms with Crippen LogP contribution in [0.1, 0.15) is 31.2 Å². The van der Waals surface area contributed by atoms with Gasteiger partial charge in [-0.25, -0.2) is 4.68 Å². The minimum atomic E-state index is 0.00789. The van der Waals surface area contributed by atoms with E-state index in [-0.39, 0.29) is 12.5 Å². The van der Waals surface area contributed by atoms with Crippen LogP contribution < -0.4 is 0 Å². The van der Waals surface area contributed by atoms with Crippen LogP contribution in [-0.4, -0.2) is 26.7 Å². The Balaban J connectivity index is 3.08. The average molecular weight is 180 g/mol. The monoisotopic (exact) mass is 180 g/mol. The lowest BCUT2D eigenvalue weighted by Gasteiger charge is -2.06. The third kappa shape index (κ3) is 1.84. The van der Waals surface area contributed by atoms with Crippen molar-refractivity contribution in [3.8, 4) is 6.07 Å². The summed E-state index contributed by atoms with van der Waals surface area (Å²) in [6, 6.07) is 1.98. The number of aromatic nitrogens is 3. The Morgan fingerprint density at radius 1 is 1.62 bits per heavy atom. The molecule has 0 aliphatic heterocycles. The molecule has 1 rings (SSSR count). The van der Waals surface area contributed by atoms with Gasteiger partial charge in [0.05, 0.1) is 18.8 Å². The quantitative estimate of drug-likeness (QED) is 0.724. The second-order valence-corrected chi connectivity index (χ2v) is 3.04. The van der Waals surface area contributed by atoms with Gasteiger partial charge in [0.25, 0.3) is 0 Å². The number of aliphatic hydroxyl groups excluding tert-OH is 1. The predicted octanol–water partition coefficient (Wildman–Crippen LogP) is 0.265. The highest BCUT2D eigenvalue weighted by Gasteiger charge is 2.14. The van der Waals surface area contributed by atoms with Crippen LogP contribution in [0.25, 0.3) is 0 Å². The van der Waals surface area contributed by atoms with Crippen molar-refractivity contribution >= 4 is 0 Å². The van der Waals surface area contributed by atoms with Crippen molar-refractivity contribution in [2.45, 2.75) is 26.3 Å². The number of nitriles is 1. The van der Waals surface area contributed by atoms with E-state index in [1.165, 1.54) is 0 Å².